The highest BCUT2D eigenvalue weighted by atomic mass is 16.5. The van der Waals surface area contributed by atoms with Crippen molar-refractivity contribution in [2.45, 2.75) is 78.9 Å². The number of ether oxygens (including phenoxy) is 1. The third kappa shape index (κ3) is 7.62. The van der Waals surface area contributed by atoms with Gasteiger partial charge in [0.25, 0.3) is 0 Å². The predicted octanol–water partition coefficient (Wildman–Crippen LogP) is 3.04. The highest BCUT2D eigenvalue weighted by molar-refractivity contribution is 5.79. The molecule has 1 aromatic carbocycles. The maximum absolute atomic E-state index is 6.05. The van der Waals surface area contributed by atoms with Crippen molar-refractivity contribution in [1.29, 1.82) is 0 Å². The van der Waals surface area contributed by atoms with Gasteiger partial charge in [0.2, 0.25) is 6.35 Å². The van der Waals surface area contributed by atoms with Crippen LogP contribution in [0, 0.1) is 0 Å². The van der Waals surface area contributed by atoms with E-state index >= 15 is 0 Å². The van der Waals surface area contributed by atoms with Crippen LogP contribution in [0.3, 0.4) is 0 Å². The zero-order valence-corrected chi connectivity index (χ0v) is 21.4. The second-order valence-electron chi connectivity index (χ2n) is 7.98. The molecule has 6 N–H and O–H groups in total. The van der Waals surface area contributed by atoms with Crippen molar-refractivity contribution < 1.29 is 11.6 Å². The smallest absolute Gasteiger partial charge is 0.226 e. The maximum Gasteiger partial charge on any atom is 0.226 e. The van der Waals surface area contributed by atoms with Crippen LogP contribution < -0.4 is 21.3 Å². The molecule has 4 rings (SSSR count). The molecule has 0 spiro atoms. The van der Waals surface area contributed by atoms with Crippen molar-refractivity contribution in [2.24, 2.45) is 10.7 Å². The number of rotatable bonds is 8. The Hall–Kier alpha value is -2.29. The second-order valence-corrected chi connectivity index (χ2v) is 7.98. The molecule has 3 aliphatic heterocycles. The van der Waals surface area contributed by atoms with Gasteiger partial charge in [0.05, 0.1) is 18.5 Å². The molecule has 0 aliphatic carbocycles. The van der Waals surface area contributed by atoms with Gasteiger partial charge in [0, 0.05) is 38.8 Å². The van der Waals surface area contributed by atoms with Gasteiger partial charge in [-0.25, -0.2) is 4.99 Å². The van der Waals surface area contributed by atoms with Gasteiger partial charge in [0.15, 0.2) is 0 Å². The number of benzene rings is 1. The first-order valence-corrected chi connectivity index (χ1v) is 12.3. The number of likely N-dealkylation sites (tertiary alicyclic amines) is 1. The Labute approximate surface area is 202 Å². The van der Waals surface area contributed by atoms with E-state index in [-0.39, 0.29) is 13.3 Å². The van der Waals surface area contributed by atoms with E-state index in [1.807, 2.05) is 27.7 Å². The van der Waals surface area contributed by atoms with Crippen molar-refractivity contribution in [2.75, 3.05) is 31.6 Å². The SMILES string of the molecule is CC.CC.CCCCOC1N=CC(N)=C(NCc2ccc(N3CC4CC3CN4C)cc2)N1.O.[HH]. The van der Waals surface area contributed by atoms with Gasteiger partial charge in [-0.2, -0.15) is 0 Å². The topological polar surface area (TPSA) is 110 Å². The Balaban J connectivity index is 0.00000173. The first-order chi connectivity index (χ1) is 15.6. The molecule has 0 amide bonds. The van der Waals surface area contributed by atoms with E-state index < -0.39 is 0 Å². The van der Waals surface area contributed by atoms with Crippen LogP contribution in [0.15, 0.2) is 40.8 Å². The zero-order valence-electron chi connectivity index (χ0n) is 21.4. The number of aliphatic imine (C=N–C) groups is 1. The number of anilines is 1. The fraction of sp³-hybridized carbons (Fsp3) is 0.640. The summed E-state index contributed by atoms with van der Waals surface area (Å²) in [6.45, 7) is 13.9. The van der Waals surface area contributed by atoms with Gasteiger partial charge in [-0.05, 0) is 37.6 Å². The van der Waals surface area contributed by atoms with E-state index in [1.54, 1.807) is 6.21 Å². The number of piperazine rings is 1. The number of fused-ring (bicyclic) bond motifs is 2. The van der Waals surface area contributed by atoms with Crippen LogP contribution in [0.1, 0.15) is 60.9 Å². The lowest BCUT2D eigenvalue weighted by atomic mass is 10.1. The average Bonchev–Trinajstić information content (AvgIpc) is 3.42. The van der Waals surface area contributed by atoms with E-state index in [0.29, 0.717) is 30.9 Å². The highest BCUT2D eigenvalue weighted by Crippen LogP contribution is 2.33. The number of likely N-dealkylation sites (N-methyl/N-ethyl adjacent to an activating group) is 1. The van der Waals surface area contributed by atoms with Crippen molar-refractivity contribution in [3.05, 3.63) is 41.3 Å². The lowest BCUT2D eigenvalue weighted by Crippen LogP contribution is -2.44. The first kappa shape index (κ1) is 28.7. The summed E-state index contributed by atoms with van der Waals surface area (Å²) in [5.41, 5.74) is 9.20. The molecule has 1 aromatic rings. The summed E-state index contributed by atoms with van der Waals surface area (Å²) in [5.74, 6) is 0.778. The van der Waals surface area contributed by atoms with Crippen LogP contribution in [0.2, 0.25) is 0 Å². The van der Waals surface area contributed by atoms with Gasteiger partial charge < -0.3 is 31.5 Å². The molecular formula is C25H48N6O2. The molecule has 2 saturated heterocycles. The number of nitrogens with zero attached hydrogens (tertiary/aromatic N) is 3. The Kier molecular flexibility index (Phi) is 12.9. The molecule has 8 heteroatoms. The minimum Gasteiger partial charge on any atom is -0.412 e. The normalized spacial score (nSPS) is 23.1. The van der Waals surface area contributed by atoms with Gasteiger partial charge in [-0.15, -0.1) is 0 Å². The number of nitrogens with one attached hydrogen (secondary N) is 2. The summed E-state index contributed by atoms with van der Waals surface area (Å²) in [5, 5.41) is 6.60. The molecule has 3 heterocycles. The predicted molar refractivity (Wildman–Crippen MR) is 141 cm³/mol. The van der Waals surface area contributed by atoms with Crippen molar-refractivity contribution in [3.63, 3.8) is 0 Å². The van der Waals surface area contributed by atoms with Gasteiger partial charge >= 0.3 is 0 Å². The number of unbranched alkanes of at least 4 members (excludes halogenated alkanes) is 1. The molecule has 2 fully saturated rings. The number of nitrogens with two attached hydrogens (primary N) is 1. The Bertz CT molecular complexity index is 741. The molecular weight excluding hydrogens is 416 g/mol. The molecule has 8 nitrogen and oxygen atoms in total. The average molecular weight is 465 g/mol. The Morgan fingerprint density at radius 3 is 2.42 bits per heavy atom. The molecule has 3 unspecified atom stereocenters. The summed E-state index contributed by atoms with van der Waals surface area (Å²) in [6.07, 6.45) is 4.72. The van der Waals surface area contributed by atoms with Gasteiger partial charge in [0.1, 0.15) is 5.82 Å². The molecule has 2 bridgehead atoms. The third-order valence-electron chi connectivity index (χ3n) is 5.93. The molecule has 0 saturated carbocycles. The molecule has 33 heavy (non-hydrogen) atoms. The minimum absolute atomic E-state index is 0. The molecule has 3 aliphatic rings. The fourth-order valence-electron chi connectivity index (χ4n) is 4.21. The van der Waals surface area contributed by atoms with Crippen LogP contribution in [0.4, 0.5) is 5.69 Å². The van der Waals surface area contributed by atoms with Crippen LogP contribution in [-0.2, 0) is 11.3 Å². The Morgan fingerprint density at radius 2 is 1.85 bits per heavy atom. The highest BCUT2D eigenvalue weighted by Gasteiger charge is 2.41. The molecule has 0 radical (unpaired) electrons. The van der Waals surface area contributed by atoms with E-state index in [4.69, 9.17) is 10.5 Å². The standard InChI is InChI=1S/C21H32N6O.2C2H6.H2O.H2/c1-3-4-9-28-21-24-12-19(22)20(25-21)23-11-15-5-7-16(8-6-15)27-14-17-10-18(27)13-26(17)2;2*1-2;;/h5-8,12,17-18,21,23,25H,3-4,9-11,13-14,22H2,1-2H3;2*1-2H3;1H2;1H. The van der Waals surface area contributed by atoms with E-state index in [0.717, 1.165) is 25.2 Å². The van der Waals surface area contributed by atoms with Crippen LogP contribution >= 0.6 is 0 Å². The molecule has 0 aromatic heterocycles. The zero-order chi connectivity index (χ0) is 23.5. The number of hydrogen-bond acceptors (Lipinski definition) is 7. The van der Waals surface area contributed by atoms with Gasteiger partial charge in [-0.3, -0.25) is 4.90 Å². The van der Waals surface area contributed by atoms with Crippen molar-refractivity contribution in [3.8, 4) is 0 Å². The van der Waals surface area contributed by atoms with Crippen molar-refractivity contribution >= 4 is 11.9 Å². The van der Waals surface area contributed by atoms with E-state index in [1.165, 1.54) is 24.2 Å². The monoisotopic (exact) mass is 464 g/mol. The summed E-state index contributed by atoms with van der Waals surface area (Å²) < 4.78 is 5.71. The number of hydrogen-bond donors (Lipinski definition) is 3. The quantitative estimate of drug-likeness (QED) is 0.510. The van der Waals surface area contributed by atoms with E-state index in [2.05, 4.69) is 63.7 Å². The van der Waals surface area contributed by atoms with Crippen LogP contribution in [0.5, 0.6) is 0 Å². The number of allylic oxidation sites excluding steroid dienone is 1. The Morgan fingerprint density at radius 1 is 1.15 bits per heavy atom. The first-order valence-electron chi connectivity index (χ1n) is 12.3. The fourth-order valence-corrected chi connectivity index (χ4v) is 4.21. The van der Waals surface area contributed by atoms with Crippen LogP contribution in [0.25, 0.3) is 0 Å². The van der Waals surface area contributed by atoms with E-state index in [9.17, 15) is 0 Å². The molecule has 190 valence electrons. The lowest BCUT2D eigenvalue weighted by molar-refractivity contribution is 0.0388. The molecule has 3 atom stereocenters. The summed E-state index contributed by atoms with van der Waals surface area (Å²) in [4.78, 5) is 9.32. The largest absolute Gasteiger partial charge is 0.412 e. The third-order valence-corrected chi connectivity index (χ3v) is 5.93. The lowest BCUT2D eigenvalue weighted by Gasteiger charge is -2.33. The summed E-state index contributed by atoms with van der Waals surface area (Å²) in [6, 6.07) is 10.2. The van der Waals surface area contributed by atoms with Gasteiger partial charge in [-0.1, -0.05) is 53.2 Å². The van der Waals surface area contributed by atoms with Crippen LogP contribution in [-0.4, -0.2) is 61.8 Å². The maximum atomic E-state index is 6.05. The summed E-state index contributed by atoms with van der Waals surface area (Å²) in [7, 11) is 2.24. The second kappa shape index (κ2) is 14.8. The van der Waals surface area contributed by atoms with Crippen molar-refractivity contribution in [1.82, 2.24) is 15.5 Å². The summed E-state index contributed by atoms with van der Waals surface area (Å²) >= 11 is 0. The minimum atomic E-state index is -0.368.